The maximum absolute atomic E-state index is 13.1. The highest BCUT2D eigenvalue weighted by Gasteiger charge is 2.41. The summed E-state index contributed by atoms with van der Waals surface area (Å²) in [5.41, 5.74) is 1.09. The number of carbonyl (C=O) groups is 2. The molecular weight excluding hydrogens is 346 g/mol. The first-order chi connectivity index (χ1) is 12.7. The van der Waals surface area contributed by atoms with Crippen LogP contribution in [-0.2, 0) is 9.59 Å². The van der Waals surface area contributed by atoms with Gasteiger partial charge in [-0.05, 0) is 18.4 Å². The maximum Gasteiger partial charge on any atom is 0.273 e. The van der Waals surface area contributed by atoms with Gasteiger partial charge in [0.05, 0.1) is 5.57 Å². The van der Waals surface area contributed by atoms with E-state index in [9.17, 15) is 9.59 Å². The zero-order valence-electron chi connectivity index (χ0n) is 15.4. The summed E-state index contributed by atoms with van der Waals surface area (Å²) in [6.07, 6.45) is 12.7. The average Bonchev–Trinajstić information content (AvgIpc) is 2.86. The minimum Gasteiger partial charge on any atom is -0.270 e. The number of carbonyl (C=O) groups excluding carboxylic acids is 2. The molecule has 0 unspecified atom stereocenters. The standard InChI is InChI=1S/C22H28ClNO2/c23-20-19(17-13-9-8-10-14-17)21(25)24(22(20)26)18-15-11-6-4-2-1-3-5-7-12-16-18/h8-10,13-14,18H,1-7,11-12,15-16H2. The lowest BCUT2D eigenvalue weighted by Gasteiger charge is -2.27. The maximum atomic E-state index is 13.1. The van der Waals surface area contributed by atoms with Crippen LogP contribution in [-0.4, -0.2) is 22.8 Å². The molecule has 1 heterocycles. The van der Waals surface area contributed by atoms with Gasteiger partial charge in [0, 0.05) is 6.04 Å². The Balaban J connectivity index is 1.76. The number of nitrogens with zero attached hydrogens (tertiary/aromatic N) is 1. The average molecular weight is 374 g/mol. The molecule has 0 spiro atoms. The smallest absolute Gasteiger partial charge is 0.270 e. The number of hydrogen-bond acceptors (Lipinski definition) is 2. The molecule has 0 atom stereocenters. The largest absolute Gasteiger partial charge is 0.273 e. The lowest BCUT2D eigenvalue weighted by molar-refractivity contribution is -0.139. The third-order valence-electron chi connectivity index (χ3n) is 5.56. The Morgan fingerprint density at radius 2 is 1.23 bits per heavy atom. The van der Waals surface area contributed by atoms with Crippen LogP contribution in [0.5, 0.6) is 0 Å². The molecule has 1 aromatic rings. The fourth-order valence-corrected chi connectivity index (χ4v) is 4.39. The van der Waals surface area contributed by atoms with Crippen molar-refractivity contribution in [2.24, 2.45) is 0 Å². The molecule has 3 nitrogen and oxygen atoms in total. The summed E-state index contributed by atoms with van der Waals surface area (Å²) in [5.74, 6) is -0.532. The number of imide groups is 1. The SMILES string of the molecule is O=C1C(Cl)=C(c2ccccc2)C(=O)N1C1CCCCCCCCCCC1. The fourth-order valence-electron chi connectivity index (χ4n) is 4.11. The van der Waals surface area contributed by atoms with E-state index in [1.54, 1.807) is 0 Å². The van der Waals surface area contributed by atoms with Gasteiger partial charge in [0.1, 0.15) is 5.03 Å². The van der Waals surface area contributed by atoms with Crippen LogP contribution < -0.4 is 0 Å². The minimum absolute atomic E-state index is 0.0237. The molecule has 140 valence electrons. The van der Waals surface area contributed by atoms with E-state index in [1.807, 2.05) is 30.3 Å². The Morgan fingerprint density at radius 1 is 0.731 bits per heavy atom. The van der Waals surface area contributed by atoms with Crippen molar-refractivity contribution in [1.82, 2.24) is 4.90 Å². The summed E-state index contributed by atoms with van der Waals surface area (Å²) in [4.78, 5) is 27.3. The van der Waals surface area contributed by atoms with E-state index in [-0.39, 0.29) is 22.9 Å². The lowest BCUT2D eigenvalue weighted by Crippen LogP contribution is -2.41. The second-order valence-corrected chi connectivity index (χ2v) is 7.83. The lowest BCUT2D eigenvalue weighted by atomic mass is 9.96. The summed E-state index contributed by atoms with van der Waals surface area (Å²) in [6, 6.07) is 9.28. The van der Waals surface area contributed by atoms with Gasteiger partial charge in [0.25, 0.3) is 11.8 Å². The number of halogens is 1. The zero-order chi connectivity index (χ0) is 18.4. The molecule has 26 heavy (non-hydrogen) atoms. The van der Waals surface area contributed by atoms with Crippen LogP contribution in [0.15, 0.2) is 35.4 Å². The van der Waals surface area contributed by atoms with Crippen LogP contribution in [0.3, 0.4) is 0 Å². The fraction of sp³-hybridized carbons (Fsp3) is 0.545. The molecule has 2 aliphatic rings. The Hall–Kier alpha value is -1.61. The van der Waals surface area contributed by atoms with E-state index in [1.165, 1.54) is 49.8 Å². The molecule has 1 saturated carbocycles. The van der Waals surface area contributed by atoms with Gasteiger partial charge in [0.2, 0.25) is 0 Å². The highest BCUT2D eigenvalue weighted by Crippen LogP contribution is 2.35. The molecule has 4 heteroatoms. The molecule has 0 bridgehead atoms. The number of benzene rings is 1. The topological polar surface area (TPSA) is 37.4 Å². The molecule has 0 aromatic heterocycles. The van der Waals surface area contributed by atoms with Crippen molar-refractivity contribution < 1.29 is 9.59 Å². The molecule has 1 aromatic carbocycles. The number of hydrogen-bond donors (Lipinski definition) is 0. The van der Waals surface area contributed by atoms with Crippen LogP contribution in [0.2, 0.25) is 0 Å². The minimum atomic E-state index is -0.312. The third kappa shape index (κ3) is 4.37. The molecular formula is C22H28ClNO2. The van der Waals surface area contributed by atoms with Crippen molar-refractivity contribution in [3.05, 3.63) is 40.9 Å². The van der Waals surface area contributed by atoms with Gasteiger partial charge in [-0.15, -0.1) is 0 Å². The van der Waals surface area contributed by atoms with Crippen molar-refractivity contribution in [2.45, 2.75) is 76.7 Å². The monoisotopic (exact) mass is 373 g/mol. The van der Waals surface area contributed by atoms with Crippen molar-refractivity contribution in [3.8, 4) is 0 Å². The molecule has 0 N–H and O–H groups in total. The molecule has 1 aliphatic carbocycles. The molecule has 0 saturated heterocycles. The van der Waals surface area contributed by atoms with E-state index < -0.39 is 0 Å². The van der Waals surface area contributed by atoms with Gasteiger partial charge in [-0.25, -0.2) is 0 Å². The second-order valence-electron chi connectivity index (χ2n) is 7.45. The van der Waals surface area contributed by atoms with Crippen molar-refractivity contribution in [3.63, 3.8) is 0 Å². The number of amides is 2. The Kier molecular flexibility index (Phi) is 6.90. The van der Waals surface area contributed by atoms with Gasteiger partial charge >= 0.3 is 0 Å². The van der Waals surface area contributed by atoms with Gasteiger partial charge in [0.15, 0.2) is 0 Å². The van der Waals surface area contributed by atoms with Crippen LogP contribution in [0.25, 0.3) is 5.57 Å². The van der Waals surface area contributed by atoms with Crippen LogP contribution in [0, 0.1) is 0 Å². The normalized spacial score (nSPS) is 21.7. The van der Waals surface area contributed by atoms with E-state index in [0.717, 1.165) is 31.2 Å². The van der Waals surface area contributed by atoms with Crippen LogP contribution in [0.1, 0.15) is 76.2 Å². The van der Waals surface area contributed by atoms with E-state index in [2.05, 4.69) is 0 Å². The molecule has 1 aliphatic heterocycles. The first-order valence-electron chi connectivity index (χ1n) is 10.0. The molecule has 1 fully saturated rings. The molecule has 2 amide bonds. The third-order valence-corrected chi connectivity index (χ3v) is 5.91. The highest BCUT2D eigenvalue weighted by molar-refractivity contribution is 6.55. The molecule has 0 radical (unpaired) electrons. The number of rotatable bonds is 2. The van der Waals surface area contributed by atoms with Crippen molar-refractivity contribution >= 4 is 29.0 Å². The highest BCUT2D eigenvalue weighted by atomic mass is 35.5. The Morgan fingerprint density at radius 3 is 1.77 bits per heavy atom. The van der Waals surface area contributed by atoms with E-state index in [0.29, 0.717) is 5.57 Å². The van der Waals surface area contributed by atoms with Gasteiger partial charge < -0.3 is 0 Å². The van der Waals surface area contributed by atoms with Gasteiger partial charge in [-0.3, -0.25) is 14.5 Å². The summed E-state index contributed by atoms with van der Waals surface area (Å²) < 4.78 is 0. The quantitative estimate of drug-likeness (QED) is 0.625. The molecule has 3 rings (SSSR count). The summed E-state index contributed by atoms with van der Waals surface area (Å²) in [7, 11) is 0. The Bertz CT molecular complexity index is 656. The first-order valence-corrected chi connectivity index (χ1v) is 10.4. The van der Waals surface area contributed by atoms with Crippen molar-refractivity contribution in [2.75, 3.05) is 0 Å². The summed E-state index contributed by atoms with van der Waals surface area (Å²) in [5, 5.41) is 0.0762. The van der Waals surface area contributed by atoms with E-state index >= 15 is 0 Å². The van der Waals surface area contributed by atoms with Crippen molar-refractivity contribution in [1.29, 1.82) is 0 Å². The van der Waals surface area contributed by atoms with Gasteiger partial charge in [-0.1, -0.05) is 99.7 Å². The second kappa shape index (κ2) is 9.36. The van der Waals surface area contributed by atoms with Crippen LogP contribution in [0.4, 0.5) is 0 Å². The first kappa shape index (κ1) is 19.2. The summed E-state index contributed by atoms with van der Waals surface area (Å²) in [6.45, 7) is 0. The Labute approximate surface area is 161 Å². The zero-order valence-corrected chi connectivity index (χ0v) is 16.1. The summed E-state index contributed by atoms with van der Waals surface area (Å²) >= 11 is 6.32. The van der Waals surface area contributed by atoms with Crippen LogP contribution >= 0.6 is 11.6 Å². The van der Waals surface area contributed by atoms with E-state index in [4.69, 9.17) is 11.6 Å². The predicted octanol–water partition coefficient (Wildman–Crippen LogP) is 5.68. The van der Waals surface area contributed by atoms with Gasteiger partial charge in [-0.2, -0.15) is 0 Å². The predicted molar refractivity (Wildman–Crippen MR) is 106 cm³/mol.